The quantitative estimate of drug-likeness (QED) is 0.254. The van der Waals surface area contributed by atoms with Crippen LogP contribution in [-0.4, -0.2) is 58.8 Å². The van der Waals surface area contributed by atoms with Crippen LogP contribution in [0.15, 0.2) is 74.9 Å². The number of nitrogens with one attached hydrogen (secondary N) is 2. The molecule has 5 aromatic rings. The maximum absolute atomic E-state index is 12.3. The van der Waals surface area contributed by atoms with E-state index in [1.54, 1.807) is 42.2 Å². The number of anilines is 1. The normalized spacial score (nSPS) is 12.1. The Kier molecular flexibility index (Phi) is 6.79. The van der Waals surface area contributed by atoms with Gasteiger partial charge in [0.2, 0.25) is 5.91 Å². The Balaban J connectivity index is 1.63. The van der Waals surface area contributed by atoms with Crippen LogP contribution in [0.25, 0.3) is 22.0 Å². The van der Waals surface area contributed by atoms with Crippen molar-refractivity contribution in [2.45, 2.75) is 6.92 Å². The molecule has 3 aromatic carbocycles. The van der Waals surface area contributed by atoms with Crippen LogP contribution in [0.5, 0.6) is 5.88 Å². The number of likely N-dealkylation sites (N-methyl/N-ethyl adjacent to an activating group) is 1. The molecule has 2 aromatic heterocycles. The number of benzene rings is 3. The van der Waals surface area contributed by atoms with E-state index in [4.69, 9.17) is 21.0 Å². The molecule has 0 fully saturated rings. The van der Waals surface area contributed by atoms with E-state index in [0.29, 0.717) is 50.7 Å². The lowest BCUT2D eigenvalue weighted by Gasteiger charge is -2.23. The summed E-state index contributed by atoms with van der Waals surface area (Å²) >= 11 is 6.17. The number of amides is 1. The Morgan fingerprint density at radius 1 is 1.00 bits per heavy atom. The number of carbonyl (C=O) groups excluding carboxylic acids is 1. The third-order valence-corrected chi connectivity index (χ3v) is 6.46. The molecular formula is C28H26ClN5O4. The SMILES string of the molecule is CC(=O)N(CCN(C)C)c1ccc(N=C(c2ccc3[nH]c(=O)oc3c2)c2c(O)[nH]c3cc(Cl)ccc23)cc1. The Labute approximate surface area is 223 Å². The number of aromatic hydroxyl groups is 1. The highest BCUT2D eigenvalue weighted by Crippen LogP contribution is 2.33. The van der Waals surface area contributed by atoms with Crippen LogP contribution >= 0.6 is 11.6 Å². The Morgan fingerprint density at radius 2 is 1.76 bits per heavy atom. The molecule has 0 aliphatic rings. The summed E-state index contributed by atoms with van der Waals surface area (Å²) in [6.07, 6.45) is 0. The number of aromatic nitrogens is 2. The van der Waals surface area contributed by atoms with Gasteiger partial charge in [-0.1, -0.05) is 23.7 Å². The fraction of sp³-hybridized carbons (Fsp3) is 0.179. The molecule has 0 saturated heterocycles. The molecule has 9 nitrogen and oxygen atoms in total. The lowest BCUT2D eigenvalue weighted by atomic mass is 10.0. The average molecular weight is 532 g/mol. The highest BCUT2D eigenvalue weighted by molar-refractivity contribution is 6.31. The summed E-state index contributed by atoms with van der Waals surface area (Å²) in [5.41, 5.74) is 4.53. The lowest BCUT2D eigenvalue weighted by Crippen LogP contribution is -2.35. The van der Waals surface area contributed by atoms with Gasteiger partial charge in [-0.15, -0.1) is 0 Å². The molecule has 0 aliphatic heterocycles. The summed E-state index contributed by atoms with van der Waals surface area (Å²) in [4.78, 5) is 38.2. The van der Waals surface area contributed by atoms with Crippen LogP contribution in [0.1, 0.15) is 18.1 Å². The van der Waals surface area contributed by atoms with Crippen LogP contribution in [-0.2, 0) is 4.79 Å². The maximum Gasteiger partial charge on any atom is 0.417 e. The molecule has 38 heavy (non-hydrogen) atoms. The predicted octanol–water partition coefficient (Wildman–Crippen LogP) is 5.05. The summed E-state index contributed by atoms with van der Waals surface area (Å²) in [6, 6.07) is 17.8. The van der Waals surface area contributed by atoms with Crippen molar-refractivity contribution in [3.05, 3.63) is 87.4 Å². The van der Waals surface area contributed by atoms with E-state index in [9.17, 15) is 14.7 Å². The minimum absolute atomic E-state index is 0.0486. The first-order valence-electron chi connectivity index (χ1n) is 11.9. The van der Waals surface area contributed by atoms with E-state index in [1.165, 1.54) is 0 Å². The molecule has 0 aliphatic carbocycles. The minimum atomic E-state index is -0.555. The Bertz CT molecular complexity index is 1730. The molecule has 0 radical (unpaired) electrons. The van der Waals surface area contributed by atoms with Gasteiger partial charge in [0.05, 0.1) is 28.0 Å². The molecule has 0 saturated carbocycles. The van der Waals surface area contributed by atoms with Crippen LogP contribution in [0, 0.1) is 0 Å². The average Bonchev–Trinajstić information content (AvgIpc) is 3.40. The summed E-state index contributed by atoms with van der Waals surface area (Å²) in [7, 11) is 3.92. The third-order valence-electron chi connectivity index (χ3n) is 6.23. The van der Waals surface area contributed by atoms with Crippen molar-refractivity contribution >= 4 is 56.6 Å². The van der Waals surface area contributed by atoms with Gasteiger partial charge in [0.15, 0.2) is 11.5 Å². The molecule has 0 atom stereocenters. The first-order chi connectivity index (χ1) is 18.2. The van der Waals surface area contributed by atoms with Crippen molar-refractivity contribution in [1.29, 1.82) is 0 Å². The number of carbonyl (C=O) groups is 1. The van der Waals surface area contributed by atoms with Crippen LogP contribution < -0.4 is 10.7 Å². The molecule has 0 bridgehead atoms. The second-order valence-electron chi connectivity index (χ2n) is 9.21. The van der Waals surface area contributed by atoms with Crippen LogP contribution in [0.3, 0.4) is 0 Å². The zero-order valence-corrected chi connectivity index (χ0v) is 21.8. The molecular weight excluding hydrogens is 506 g/mol. The number of fused-ring (bicyclic) bond motifs is 2. The number of hydrogen-bond donors (Lipinski definition) is 3. The standard InChI is InChI=1S/C28H26ClN5O4/c1-16(35)34(13-12-33(2)3)20-8-6-19(7-9-20)30-26(17-4-11-22-24(14-17)38-28(37)32-22)25-21-10-5-18(29)15-23(21)31-27(25)36/h4-11,14-15,31,36H,12-13H2,1-3H3,(H,32,37). The van der Waals surface area contributed by atoms with Crippen LogP contribution in [0.4, 0.5) is 11.4 Å². The van der Waals surface area contributed by atoms with Gasteiger partial charge in [0, 0.05) is 41.7 Å². The lowest BCUT2D eigenvalue weighted by molar-refractivity contribution is -0.116. The first kappa shape index (κ1) is 25.3. The van der Waals surface area contributed by atoms with Gasteiger partial charge < -0.3 is 24.3 Å². The number of halogens is 1. The third kappa shape index (κ3) is 5.06. The van der Waals surface area contributed by atoms with Gasteiger partial charge in [-0.25, -0.2) is 9.79 Å². The zero-order valence-electron chi connectivity index (χ0n) is 21.1. The Hall–Kier alpha value is -4.34. The molecule has 1 amide bonds. The number of aromatic amines is 2. The van der Waals surface area contributed by atoms with Gasteiger partial charge >= 0.3 is 5.76 Å². The number of rotatable bonds is 7. The largest absolute Gasteiger partial charge is 0.494 e. The highest BCUT2D eigenvalue weighted by Gasteiger charge is 2.20. The van der Waals surface area contributed by atoms with Gasteiger partial charge in [0.1, 0.15) is 0 Å². The second-order valence-corrected chi connectivity index (χ2v) is 9.65. The number of aliphatic imine (C=N–C) groups is 1. The van der Waals surface area contributed by atoms with Crippen LogP contribution in [0.2, 0.25) is 5.02 Å². The summed E-state index contributed by atoms with van der Waals surface area (Å²) < 4.78 is 5.27. The van der Waals surface area contributed by atoms with Gasteiger partial charge in [-0.05, 0) is 62.6 Å². The van der Waals surface area contributed by atoms with Gasteiger partial charge in [-0.2, -0.15) is 0 Å². The number of nitrogens with zero attached hydrogens (tertiary/aromatic N) is 3. The summed E-state index contributed by atoms with van der Waals surface area (Å²) in [5, 5.41) is 12.2. The van der Waals surface area contributed by atoms with Crippen molar-refractivity contribution < 1.29 is 14.3 Å². The van der Waals surface area contributed by atoms with Crippen molar-refractivity contribution in [2.75, 3.05) is 32.1 Å². The number of hydrogen-bond acceptors (Lipinski definition) is 6. The molecule has 194 valence electrons. The maximum atomic E-state index is 12.3. The van der Waals surface area contributed by atoms with Gasteiger partial charge in [-0.3, -0.25) is 9.78 Å². The highest BCUT2D eigenvalue weighted by atomic mass is 35.5. The Morgan fingerprint density at radius 3 is 2.47 bits per heavy atom. The zero-order chi connectivity index (χ0) is 27.0. The predicted molar refractivity (Wildman–Crippen MR) is 150 cm³/mol. The van der Waals surface area contributed by atoms with Crippen molar-refractivity contribution in [2.24, 2.45) is 4.99 Å². The molecule has 5 rings (SSSR count). The number of oxazole rings is 1. The van der Waals surface area contributed by atoms with E-state index >= 15 is 0 Å². The van der Waals surface area contributed by atoms with Crippen molar-refractivity contribution in [1.82, 2.24) is 14.9 Å². The number of H-pyrrole nitrogens is 2. The smallest absolute Gasteiger partial charge is 0.417 e. The minimum Gasteiger partial charge on any atom is -0.494 e. The fourth-order valence-electron chi connectivity index (χ4n) is 4.36. The first-order valence-corrected chi connectivity index (χ1v) is 12.3. The van der Waals surface area contributed by atoms with Gasteiger partial charge in [0.25, 0.3) is 0 Å². The van der Waals surface area contributed by atoms with E-state index in [2.05, 4.69) is 9.97 Å². The van der Waals surface area contributed by atoms with E-state index in [1.807, 2.05) is 49.3 Å². The second kappa shape index (κ2) is 10.2. The summed E-state index contributed by atoms with van der Waals surface area (Å²) in [6.45, 7) is 2.83. The topological polar surface area (TPSA) is 118 Å². The monoisotopic (exact) mass is 531 g/mol. The van der Waals surface area contributed by atoms with Crippen molar-refractivity contribution in [3.63, 3.8) is 0 Å². The molecule has 3 N–H and O–H groups in total. The molecule has 10 heteroatoms. The van der Waals surface area contributed by atoms with E-state index in [-0.39, 0.29) is 11.8 Å². The van der Waals surface area contributed by atoms with Crippen molar-refractivity contribution in [3.8, 4) is 5.88 Å². The van der Waals surface area contributed by atoms with E-state index in [0.717, 1.165) is 17.6 Å². The molecule has 0 spiro atoms. The molecule has 2 heterocycles. The summed E-state index contributed by atoms with van der Waals surface area (Å²) in [5.74, 6) is -0.674. The van der Waals surface area contributed by atoms with E-state index < -0.39 is 5.76 Å². The molecule has 0 unspecified atom stereocenters. The fourth-order valence-corrected chi connectivity index (χ4v) is 4.53.